The maximum absolute atomic E-state index is 11.2. The first-order valence-electron chi connectivity index (χ1n) is 4.53. The number of ether oxygens (including phenoxy) is 1. The van der Waals surface area contributed by atoms with E-state index >= 15 is 0 Å². The highest BCUT2D eigenvalue weighted by atomic mass is 35.5. The Morgan fingerprint density at radius 3 is 2.93 bits per heavy atom. The van der Waals surface area contributed by atoms with Crippen molar-refractivity contribution in [1.29, 1.82) is 0 Å². The normalized spacial score (nSPS) is 18.2. The molecule has 1 aliphatic heterocycles. The molecule has 0 bridgehead atoms. The maximum atomic E-state index is 11.2. The van der Waals surface area contributed by atoms with Crippen LogP contribution in [0, 0.1) is 0 Å². The molecule has 0 amide bonds. The van der Waals surface area contributed by atoms with Crippen molar-refractivity contribution in [3.8, 4) is 5.75 Å². The summed E-state index contributed by atoms with van der Waals surface area (Å²) in [7, 11) is 0. The summed E-state index contributed by atoms with van der Waals surface area (Å²) in [5.74, 6) is -0.221. The van der Waals surface area contributed by atoms with Gasteiger partial charge in [-0.2, -0.15) is 0 Å². The monoisotopic (exact) mass is 224 g/mol. The lowest BCUT2D eigenvalue weighted by molar-refractivity contribution is -0.134. The van der Waals surface area contributed by atoms with Gasteiger partial charge in [-0.1, -0.05) is 11.6 Å². The molecule has 1 heterocycles. The summed E-state index contributed by atoms with van der Waals surface area (Å²) >= 11 is 5.78. The molecule has 4 heteroatoms. The van der Waals surface area contributed by atoms with Gasteiger partial charge in [-0.15, -0.1) is 0 Å². The molecule has 0 saturated carbocycles. The number of phenols is 1. The van der Waals surface area contributed by atoms with Crippen molar-refractivity contribution >= 4 is 23.6 Å². The fourth-order valence-corrected chi connectivity index (χ4v) is 1.59. The number of hydrogen-bond donors (Lipinski definition) is 1. The van der Waals surface area contributed by atoms with Gasteiger partial charge >= 0.3 is 5.97 Å². The predicted molar refractivity (Wildman–Crippen MR) is 56.7 cm³/mol. The fraction of sp³-hybridized carbons (Fsp3) is 0.182. The van der Waals surface area contributed by atoms with Gasteiger partial charge in [0.25, 0.3) is 0 Å². The topological polar surface area (TPSA) is 46.5 Å². The summed E-state index contributed by atoms with van der Waals surface area (Å²) in [6.45, 7) is 0.409. The van der Waals surface area contributed by atoms with Crippen LogP contribution in [0.5, 0.6) is 5.75 Å². The third-order valence-electron chi connectivity index (χ3n) is 2.19. The quantitative estimate of drug-likeness (QED) is 0.589. The van der Waals surface area contributed by atoms with Crippen LogP contribution in [-0.4, -0.2) is 17.7 Å². The van der Waals surface area contributed by atoms with Crippen molar-refractivity contribution in [2.45, 2.75) is 6.42 Å². The number of cyclic esters (lactones) is 1. The molecule has 1 aromatic rings. The maximum Gasteiger partial charge on any atom is 0.334 e. The highest BCUT2D eigenvalue weighted by molar-refractivity contribution is 6.30. The summed E-state index contributed by atoms with van der Waals surface area (Å²) in [6, 6.07) is 4.69. The lowest BCUT2D eigenvalue weighted by atomic mass is 10.1. The second-order valence-electron chi connectivity index (χ2n) is 3.26. The molecular weight excluding hydrogens is 216 g/mol. The van der Waals surface area contributed by atoms with E-state index in [-0.39, 0.29) is 11.7 Å². The van der Waals surface area contributed by atoms with E-state index < -0.39 is 0 Å². The lowest BCUT2D eigenvalue weighted by Crippen LogP contribution is -1.94. The molecule has 1 aromatic carbocycles. The van der Waals surface area contributed by atoms with Gasteiger partial charge in [0.05, 0.1) is 6.61 Å². The average Bonchev–Trinajstić information content (AvgIpc) is 2.58. The number of phenolic OH excluding ortho intramolecular Hbond substituents is 1. The van der Waals surface area contributed by atoms with Crippen LogP contribution in [0.2, 0.25) is 5.02 Å². The van der Waals surface area contributed by atoms with Crippen molar-refractivity contribution in [3.05, 3.63) is 34.4 Å². The predicted octanol–water partition coefficient (Wildman–Crippen LogP) is 2.38. The minimum atomic E-state index is -0.325. The number of esters is 1. The van der Waals surface area contributed by atoms with Crippen LogP contribution >= 0.6 is 11.6 Å². The molecule has 0 aliphatic carbocycles. The Balaban J connectivity index is 2.38. The van der Waals surface area contributed by atoms with Crippen molar-refractivity contribution in [2.24, 2.45) is 0 Å². The van der Waals surface area contributed by atoms with Crippen molar-refractivity contribution in [2.75, 3.05) is 6.61 Å². The van der Waals surface area contributed by atoms with E-state index in [2.05, 4.69) is 0 Å². The van der Waals surface area contributed by atoms with Gasteiger partial charge in [0, 0.05) is 22.6 Å². The van der Waals surface area contributed by atoms with E-state index in [0.29, 0.717) is 29.2 Å². The Morgan fingerprint density at radius 1 is 1.47 bits per heavy atom. The standard InChI is InChI=1S/C11H9ClO3/c12-9-1-2-10(13)8(6-9)5-7-3-4-15-11(7)14/h1-2,5-6,13H,3-4H2/b7-5+. The van der Waals surface area contributed by atoms with Gasteiger partial charge in [-0.25, -0.2) is 4.79 Å². The van der Waals surface area contributed by atoms with Gasteiger partial charge < -0.3 is 9.84 Å². The molecule has 3 nitrogen and oxygen atoms in total. The van der Waals surface area contributed by atoms with Crippen LogP contribution in [0.25, 0.3) is 6.08 Å². The number of carbonyl (C=O) groups is 1. The number of benzene rings is 1. The largest absolute Gasteiger partial charge is 0.507 e. The first-order chi connectivity index (χ1) is 7.16. The van der Waals surface area contributed by atoms with Crippen molar-refractivity contribution in [1.82, 2.24) is 0 Å². The third kappa shape index (κ3) is 2.13. The van der Waals surface area contributed by atoms with E-state index in [1.807, 2.05) is 0 Å². The first-order valence-corrected chi connectivity index (χ1v) is 4.91. The van der Waals surface area contributed by atoms with Gasteiger partial charge in [0.2, 0.25) is 0 Å². The average molecular weight is 225 g/mol. The van der Waals surface area contributed by atoms with Gasteiger partial charge in [-0.3, -0.25) is 0 Å². The van der Waals surface area contributed by atoms with Crippen LogP contribution in [0.1, 0.15) is 12.0 Å². The number of hydrogen-bond acceptors (Lipinski definition) is 3. The summed E-state index contributed by atoms with van der Waals surface area (Å²) < 4.78 is 4.79. The lowest BCUT2D eigenvalue weighted by Gasteiger charge is -2.00. The van der Waals surface area contributed by atoms with E-state index in [9.17, 15) is 9.90 Å². The SMILES string of the molecule is O=C1OCC/C1=C\c1cc(Cl)ccc1O. The van der Waals surface area contributed by atoms with Gasteiger partial charge in [-0.05, 0) is 24.3 Å². The Morgan fingerprint density at radius 2 is 2.27 bits per heavy atom. The molecule has 1 N–H and O–H groups in total. The van der Waals surface area contributed by atoms with Crippen LogP contribution in [0.4, 0.5) is 0 Å². The molecule has 0 atom stereocenters. The minimum Gasteiger partial charge on any atom is -0.507 e. The van der Waals surface area contributed by atoms with E-state index in [4.69, 9.17) is 16.3 Å². The molecule has 15 heavy (non-hydrogen) atoms. The molecule has 1 aliphatic rings. The van der Waals surface area contributed by atoms with Crippen molar-refractivity contribution in [3.63, 3.8) is 0 Å². The zero-order valence-corrected chi connectivity index (χ0v) is 8.62. The number of rotatable bonds is 1. The number of halogens is 1. The van der Waals surface area contributed by atoms with Crippen LogP contribution in [0.3, 0.4) is 0 Å². The molecule has 2 rings (SSSR count). The smallest absolute Gasteiger partial charge is 0.334 e. The molecule has 0 aromatic heterocycles. The van der Waals surface area contributed by atoms with Gasteiger partial charge in [0.15, 0.2) is 0 Å². The molecule has 0 radical (unpaired) electrons. The van der Waals surface area contributed by atoms with Crippen LogP contribution in [0.15, 0.2) is 23.8 Å². The second kappa shape index (κ2) is 3.95. The number of carbonyl (C=O) groups excluding carboxylic acids is 1. The third-order valence-corrected chi connectivity index (χ3v) is 2.42. The Labute approximate surface area is 91.9 Å². The van der Waals surface area contributed by atoms with E-state index in [1.165, 1.54) is 6.07 Å². The van der Waals surface area contributed by atoms with Crippen molar-refractivity contribution < 1.29 is 14.6 Å². The zero-order valence-electron chi connectivity index (χ0n) is 7.87. The summed E-state index contributed by atoms with van der Waals surface area (Å²) in [4.78, 5) is 11.2. The minimum absolute atomic E-state index is 0.103. The summed E-state index contributed by atoms with van der Waals surface area (Å²) in [5, 5.41) is 10.0. The van der Waals surface area contributed by atoms with Gasteiger partial charge in [0.1, 0.15) is 5.75 Å². The number of aromatic hydroxyl groups is 1. The highest BCUT2D eigenvalue weighted by Gasteiger charge is 2.18. The Kier molecular flexibility index (Phi) is 2.64. The molecule has 1 saturated heterocycles. The van der Waals surface area contributed by atoms with Crippen LogP contribution < -0.4 is 0 Å². The molecule has 1 fully saturated rings. The molecular formula is C11H9ClO3. The Bertz CT molecular complexity index is 437. The molecule has 78 valence electrons. The van der Waals surface area contributed by atoms with E-state index in [0.717, 1.165) is 0 Å². The highest BCUT2D eigenvalue weighted by Crippen LogP contribution is 2.26. The molecule has 0 unspecified atom stereocenters. The first kappa shape index (κ1) is 10.1. The summed E-state index contributed by atoms with van der Waals surface area (Å²) in [6.07, 6.45) is 2.18. The van der Waals surface area contributed by atoms with Crippen LogP contribution in [-0.2, 0) is 9.53 Å². The van der Waals surface area contributed by atoms with E-state index in [1.54, 1.807) is 18.2 Å². The second-order valence-corrected chi connectivity index (χ2v) is 3.70. The Hall–Kier alpha value is -1.48. The fourth-order valence-electron chi connectivity index (χ4n) is 1.41. The zero-order chi connectivity index (χ0) is 10.8. The summed E-state index contributed by atoms with van der Waals surface area (Å²) in [5.41, 5.74) is 1.10. The molecule has 0 spiro atoms.